The van der Waals surface area contributed by atoms with Gasteiger partial charge in [0.2, 0.25) is 11.9 Å². The van der Waals surface area contributed by atoms with Crippen LogP contribution in [0.15, 0.2) is 18.2 Å². The minimum atomic E-state index is -0.528. The molecule has 8 heteroatoms. The van der Waals surface area contributed by atoms with E-state index in [1.165, 1.54) is 4.68 Å². The third kappa shape index (κ3) is 4.00. The van der Waals surface area contributed by atoms with E-state index in [0.29, 0.717) is 30.3 Å². The Morgan fingerprint density at radius 3 is 2.53 bits per heavy atom. The average molecular weight is 416 g/mol. The van der Waals surface area contributed by atoms with Gasteiger partial charge in [-0.25, -0.2) is 4.79 Å². The summed E-state index contributed by atoms with van der Waals surface area (Å²) >= 11 is 0. The second-order valence-corrected chi connectivity index (χ2v) is 9.42. The molecule has 0 aliphatic carbocycles. The lowest BCUT2D eigenvalue weighted by Crippen LogP contribution is -2.50. The molecule has 2 fully saturated rings. The first-order valence-electron chi connectivity index (χ1n) is 10.5. The number of carbonyl (C=O) groups excluding carboxylic acids is 2. The highest BCUT2D eigenvalue weighted by molar-refractivity contribution is 5.81. The third-order valence-corrected chi connectivity index (χ3v) is 6.04. The predicted octanol–water partition coefficient (Wildman–Crippen LogP) is 3.51. The van der Waals surface area contributed by atoms with E-state index in [1.54, 1.807) is 13.1 Å². The number of nitrogens with one attached hydrogen (secondary N) is 1. The zero-order chi connectivity index (χ0) is 21.6. The van der Waals surface area contributed by atoms with Gasteiger partial charge in [0.1, 0.15) is 5.60 Å². The van der Waals surface area contributed by atoms with Crippen LogP contribution in [-0.2, 0) is 23.1 Å². The molecule has 2 saturated heterocycles. The molecular formula is C22H29FN4O3. The average Bonchev–Trinajstić information content (AvgIpc) is 3.10. The van der Waals surface area contributed by atoms with E-state index in [9.17, 15) is 14.0 Å². The van der Waals surface area contributed by atoms with Gasteiger partial charge in [-0.1, -0.05) is 6.07 Å². The number of ether oxygens (including phenoxy) is 1. The molecule has 2 aromatic rings. The van der Waals surface area contributed by atoms with Gasteiger partial charge in [0.15, 0.2) is 0 Å². The molecular weight excluding hydrogens is 387 g/mol. The van der Waals surface area contributed by atoms with Gasteiger partial charge in [-0.3, -0.25) is 9.48 Å². The van der Waals surface area contributed by atoms with Gasteiger partial charge in [0.05, 0.1) is 10.9 Å². The van der Waals surface area contributed by atoms with E-state index in [0.717, 1.165) is 18.4 Å². The lowest BCUT2D eigenvalue weighted by Gasteiger charge is -2.39. The van der Waals surface area contributed by atoms with Gasteiger partial charge in [-0.15, -0.1) is 5.10 Å². The molecule has 2 atom stereocenters. The van der Waals surface area contributed by atoms with E-state index in [4.69, 9.17) is 4.74 Å². The van der Waals surface area contributed by atoms with Crippen LogP contribution in [0.25, 0.3) is 10.9 Å². The topological polar surface area (TPSA) is 76.5 Å². The number of aryl methyl sites for hydroxylation is 1. The zero-order valence-electron chi connectivity index (χ0n) is 17.9. The Morgan fingerprint density at radius 2 is 1.90 bits per heavy atom. The molecule has 3 heterocycles. The molecule has 0 radical (unpaired) electrons. The van der Waals surface area contributed by atoms with Crippen LogP contribution < -0.4 is 5.32 Å². The SMILES string of the molecule is Cn1nc(F)c2cc(CNC(=O)C3CC4CCC(C3)N4C(=O)OC(C)(C)C)ccc21. The molecule has 4 rings (SSSR count). The second-order valence-electron chi connectivity index (χ2n) is 9.42. The molecule has 0 spiro atoms. The lowest BCUT2D eigenvalue weighted by molar-refractivity contribution is -0.127. The van der Waals surface area contributed by atoms with Gasteiger partial charge >= 0.3 is 6.09 Å². The van der Waals surface area contributed by atoms with Crippen LogP contribution in [0.2, 0.25) is 0 Å². The van der Waals surface area contributed by atoms with Crippen molar-refractivity contribution in [3.63, 3.8) is 0 Å². The molecule has 2 bridgehead atoms. The van der Waals surface area contributed by atoms with Crippen LogP contribution in [-0.4, -0.2) is 44.4 Å². The number of carbonyl (C=O) groups is 2. The lowest BCUT2D eigenvalue weighted by atomic mass is 9.90. The number of piperidine rings is 1. The third-order valence-electron chi connectivity index (χ3n) is 6.04. The van der Waals surface area contributed by atoms with Crippen LogP contribution in [0.1, 0.15) is 52.0 Å². The molecule has 162 valence electrons. The fourth-order valence-electron chi connectivity index (χ4n) is 4.72. The standard InChI is InChI=1S/C22H29FN4O3/c1-22(2,3)30-21(29)27-15-6-7-16(27)11-14(10-15)20(28)24-12-13-5-8-18-17(9-13)19(23)25-26(18)4/h5,8-9,14-16H,6-7,10-12H2,1-4H3,(H,24,28). The molecule has 0 saturated carbocycles. The Hall–Kier alpha value is -2.64. The van der Waals surface area contributed by atoms with Crippen molar-refractivity contribution in [2.75, 3.05) is 0 Å². The number of fused-ring (bicyclic) bond motifs is 3. The van der Waals surface area contributed by atoms with Crippen molar-refractivity contribution in [3.8, 4) is 0 Å². The number of rotatable bonds is 3. The molecule has 2 aliphatic rings. The summed E-state index contributed by atoms with van der Waals surface area (Å²) in [5, 5.41) is 7.23. The summed E-state index contributed by atoms with van der Waals surface area (Å²) in [6.45, 7) is 5.93. The monoisotopic (exact) mass is 416 g/mol. The van der Waals surface area contributed by atoms with Crippen molar-refractivity contribution in [1.29, 1.82) is 0 Å². The van der Waals surface area contributed by atoms with E-state index < -0.39 is 11.5 Å². The van der Waals surface area contributed by atoms with E-state index in [2.05, 4.69) is 10.4 Å². The fourth-order valence-corrected chi connectivity index (χ4v) is 4.72. The van der Waals surface area contributed by atoms with Crippen LogP contribution in [0, 0.1) is 11.9 Å². The summed E-state index contributed by atoms with van der Waals surface area (Å²) in [6.07, 6.45) is 2.84. The summed E-state index contributed by atoms with van der Waals surface area (Å²) < 4.78 is 21.0. The summed E-state index contributed by atoms with van der Waals surface area (Å²) in [6, 6.07) is 5.52. The summed E-state index contributed by atoms with van der Waals surface area (Å²) in [7, 11) is 1.70. The number of amides is 2. The normalized spacial score (nSPS) is 23.6. The number of aromatic nitrogens is 2. The van der Waals surface area contributed by atoms with Gasteiger partial charge < -0.3 is 15.0 Å². The Bertz CT molecular complexity index is 967. The van der Waals surface area contributed by atoms with Crippen LogP contribution >= 0.6 is 0 Å². The molecule has 2 amide bonds. The van der Waals surface area contributed by atoms with Gasteiger partial charge in [0, 0.05) is 31.6 Å². The Morgan fingerprint density at radius 1 is 1.23 bits per heavy atom. The molecule has 2 aliphatic heterocycles. The smallest absolute Gasteiger partial charge is 0.410 e. The van der Waals surface area contributed by atoms with Crippen LogP contribution in [0.3, 0.4) is 0 Å². The number of hydrogen-bond donors (Lipinski definition) is 1. The second kappa shape index (κ2) is 7.56. The van der Waals surface area contributed by atoms with Crippen LogP contribution in [0.5, 0.6) is 0 Å². The van der Waals surface area contributed by atoms with Crippen molar-refractivity contribution < 1.29 is 18.7 Å². The maximum Gasteiger partial charge on any atom is 0.410 e. The van der Waals surface area contributed by atoms with Crippen molar-refractivity contribution in [2.45, 2.75) is 70.7 Å². The molecule has 1 aromatic heterocycles. The molecule has 7 nitrogen and oxygen atoms in total. The molecule has 30 heavy (non-hydrogen) atoms. The minimum Gasteiger partial charge on any atom is -0.444 e. The number of halogens is 1. The number of nitrogens with zero attached hydrogens (tertiary/aromatic N) is 3. The van der Waals surface area contributed by atoms with Gasteiger partial charge in [0.25, 0.3) is 0 Å². The first kappa shape index (κ1) is 20.6. The fraction of sp³-hybridized carbons (Fsp3) is 0.591. The number of hydrogen-bond acceptors (Lipinski definition) is 4. The largest absolute Gasteiger partial charge is 0.444 e. The van der Waals surface area contributed by atoms with E-state index >= 15 is 0 Å². The summed E-state index contributed by atoms with van der Waals surface area (Å²) in [4.78, 5) is 27.2. The molecule has 2 unspecified atom stereocenters. The maximum absolute atomic E-state index is 13.9. The van der Waals surface area contributed by atoms with Crippen LogP contribution in [0.4, 0.5) is 9.18 Å². The van der Waals surface area contributed by atoms with Gasteiger partial charge in [-0.05, 0) is 64.2 Å². The quantitative estimate of drug-likeness (QED) is 0.831. The number of benzene rings is 1. The Kier molecular flexibility index (Phi) is 5.20. The Labute approximate surface area is 175 Å². The highest BCUT2D eigenvalue weighted by atomic mass is 19.1. The predicted molar refractivity (Wildman–Crippen MR) is 110 cm³/mol. The van der Waals surface area contributed by atoms with Crippen molar-refractivity contribution in [1.82, 2.24) is 20.0 Å². The first-order chi connectivity index (χ1) is 14.1. The Balaban J connectivity index is 1.37. The van der Waals surface area contributed by atoms with Gasteiger partial charge in [-0.2, -0.15) is 4.39 Å². The van der Waals surface area contributed by atoms with Crippen molar-refractivity contribution in [3.05, 3.63) is 29.7 Å². The minimum absolute atomic E-state index is 0.0116. The first-order valence-corrected chi connectivity index (χ1v) is 10.5. The van der Waals surface area contributed by atoms with Crippen molar-refractivity contribution in [2.24, 2.45) is 13.0 Å². The summed E-state index contributed by atoms with van der Waals surface area (Å²) in [5.41, 5.74) is 1.02. The zero-order valence-corrected chi connectivity index (χ0v) is 17.9. The molecule has 1 aromatic carbocycles. The summed E-state index contributed by atoms with van der Waals surface area (Å²) in [5.74, 6) is -0.644. The van der Waals surface area contributed by atoms with E-state index in [1.807, 2.05) is 37.8 Å². The highest BCUT2D eigenvalue weighted by Gasteiger charge is 2.46. The maximum atomic E-state index is 13.9. The van der Waals surface area contributed by atoms with Crippen molar-refractivity contribution >= 4 is 22.9 Å². The van der Waals surface area contributed by atoms with E-state index in [-0.39, 0.29) is 30.0 Å². The molecule has 1 N–H and O–H groups in total. The highest BCUT2D eigenvalue weighted by Crippen LogP contribution is 2.39.